The van der Waals surface area contributed by atoms with E-state index in [2.05, 4.69) is 10.3 Å². The van der Waals surface area contributed by atoms with Gasteiger partial charge in [-0.1, -0.05) is 13.0 Å². The smallest absolute Gasteiger partial charge is 0.254 e. The molecule has 0 saturated carbocycles. The van der Waals surface area contributed by atoms with E-state index in [0.717, 1.165) is 12.2 Å². The average molecular weight is 356 g/mol. The minimum absolute atomic E-state index is 0.0414. The van der Waals surface area contributed by atoms with Crippen molar-refractivity contribution in [2.24, 2.45) is 0 Å². The van der Waals surface area contributed by atoms with Crippen molar-refractivity contribution in [2.75, 3.05) is 31.6 Å². The van der Waals surface area contributed by atoms with Crippen LogP contribution in [-0.2, 0) is 16.0 Å². The lowest BCUT2D eigenvalue weighted by atomic mass is 10.1. The number of carbonyl (C=O) groups is 2. The molecule has 1 N–H and O–H groups in total. The summed E-state index contributed by atoms with van der Waals surface area (Å²) in [7, 11) is 0. The molecule has 1 saturated heterocycles. The monoisotopic (exact) mass is 356 g/mol. The first kappa shape index (κ1) is 18.1. The molecule has 1 aliphatic rings. The van der Waals surface area contributed by atoms with Crippen LogP contribution in [0.3, 0.4) is 0 Å². The number of imidazole rings is 1. The molecule has 26 heavy (non-hydrogen) atoms. The number of hydrogen-bond donors (Lipinski definition) is 1. The fraction of sp³-hybridized carbons (Fsp3) is 0.421. The maximum Gasteiger partial charge on any atom is 0.254 e. The molecule has 0 aliphatic carbocycles. The summed E-state index contributed by atoms with van der Waals surface area (Å²) >= 11 is 0. The number of benzene rings is 1. The lowest BCUT2D eigenvalue weighted by Crippen LogP contribution is -2.40. The Balaban J connectivity index is 1.70. The van der Waals surface area contributed by atoms with Crippen LogP contribution in [0.4, 0.5) is 5.69 Å². The zero-order valence-corrected chi connectivity index (χ0v) is 15.1. The fourth-order valence-electron chi connectivity index (χ4n) is 3.02. The van der Waals surface area contributed by atoms with Crippen molar-refractivity contribution < 1.29 is 14.3 Å². The lowest BCUT2D eigenvalue weighted by molar-refractivity contribution is -0.118. The molecule has 0 spiro atoms. The van der Waals surface area contributed by atoms with Crippen LogP contribution < -0.4 is 5.32 Å². The van der Waals surface area contributed by atoms with E-state index in [9.17, 15) is 9.59 Å². The second kappa shape index (κ2) is 8.14. The first-order chi connectivity index (χ1) is 12.6. The van der Waals surface area contributed by atoms with E-state index in [4.69, 9.17) is 4.74 Å². The summed E-state index contributed by atoms with van der Waals surface area (Å²) in [6, 6.07) is 6.67. The minimum Gasteiger partial charge on any atom is -0.378 e. The highest BCUT2D eigenvalue weighted by Crippen LogP contribution is 2.17. The van der Waals surface area contributed by atoms with Gasteiger partial charge in [0, 0.05) is 43.2 Å². The fourth-order valence-corrected chi connectivity index (χ4v) is 3.02. The molecule has 2 aromatic rings. The number of rotatable bonds is 5. The molecule has 1 unspecified atom stereocenters. The molecule has 7 heteroatoms. The van der Waals surface area contributed by atoms with Crippen molar-refractivity contribution in [1.82, 2.24) is 14.5 Å². The first-order valence-electron chi connectivity index (χ1n) is 8.89. The summed E-state index contributed by atoms with van der Waals surface area (Å²) in [6.45, 7) is 6.14. The second-order valence-electron chi connectivity index (χ2n) is 6.25. The van der Waals surface area contributed by atoms with Gasteiger partial charge in [0.25, 0.3) is 5.91 Å². The van der Waals surface area contributed by atoms with Crippen molar-refractivity contribution in [2.45, 2.75) is 26.3 Å². The zero-order valence-electron chi connectivity index (χ0n) is 15.1. The summed E-state index contributed by atoms with van der Waals surface area (Å²) in [5, 5.41) is 2.90. The Hall–Kier alpha value is -2.67. The maximum absolute atomic E-state index is 12.6. The minimum atomic E-state index is -0.383. The van der Waals surface area contributed by atoms with E-state index in [1.807, 2.05) is 18.4 Å². The molecule has 1 fully saturated rings. The Kier molecular flexibility index (Phi) is 5.68. The number of ether oxygens (including phenoxy) is 1. The van der Waals surface area contributed by atoms with Gasteiger partial charge >= 0.3 is 0 Å². The largest absolute Gasteiger partial charge is 0.378 e. The van der Waals surface area contributed by atoms with Gasteiger partial charge in [-0.2, -0.15) is 0 Å². The third-order valence-electron chi connectivity index (χ3n) is 4.54. The summed E-state index contributed by atoms with van der Waals surface area (Å²) in [6.07, 6.45) is 4.26. The van der Waals surface area contributed by atoms with Crippen LogP contribution in [-0.4, -0.2) is 52.6 Å². The molecule has 138 valence electrons. The number of amides is 2. The van der Waals surface area contributed by atoms with E-state index in [-0.39, 0.29) is 17.9 Å². The van der Waals surface area contributed by atoms with E-state index < -0.39 is 0 Å². The first-order valence-corrected chi connectivity index (χ1v) is 8.89. The van der Waals surface area contributed by atoms with Gasteiger partial charge in [0.2, 0.25) is 5.91 Å². The van der Waals surface area contributed by atoms with Crippen LogP contribution in [0.5, 0.6) is 0 Å². The number of aryl methyl sites for hydroxylation is 1. The second-order valence-corrected chi connectivity index (χ2v) is 6.25. The van der Waals surface area contributed by atoms with Crippen LogP contribution in [0.2, 0.25) is 0 Å². The van der Waals surface area contributed by atoms with Crippen molar-refractivity contribution in [3.63, 3.8) is 0 Å². The van der Waals surface area contributed by atoms with Crippen molar-refractivity contribution in [3.05, 3.63) is 48.0 Å². The highest BCUT2D eigenvalue weighted by molar-refractivity contribution is 5.98. The number of morpholine rings is 1. The van der Waals surface area contributed by atoms with E-state index in [1.54, 1.807) is 41.6 Å². The molecule has 2 heterocycles. The Morgan fingerprint density at radius 3 is 2.81 bits per heavy atom. The van der Waals surface area contributed by atoms with Gasteiger partial charge in [-0.3, -0.25) is 9.59 Å². The number of carbonyl (C=O) groups excluding carboxylic acids is 2. The van der Waals surface area contributed by atoms with Crippen LogP contribution >= 0.6 is 0 Å². The topological polar surface area (TPSA) is 76.5 Å². The third-order valence-corrected chi connectivity index (χ3v) is 4.54. The van der Waals surface area contributed by atoms with Gasteiger partial charge in [0.15, 0.2) is 0 Å². The van der Waals surface area contributed by atoms with Crippen LogP contribution in [0.25, 0.3) is 0 Å². The van der Waals surface area contributed by atoms with Gasteiger partial charge < -0.3 is 19.5 Å². The molecule has 1 aliphatic heterocycles. The van der Waals surface area contributed by atoms with E-state index in [0.29, 0.717) is 37.6 Å². The van der Waals surface area contributed by atoms with Crippen molar-refractivity contribution in [1.29, 1.82) is 0 Å². The number of nitrogens with zero attached hydrogens (tertiary/aromatic N) is 3. The summed E-state index contributed by atoms with van der Waals surface area (Å²) in [5.74, 6) is 0.679. The molecule has 1 atom stereocenters. The predicted octanol–water partition coefficient (Wildman–Crippen LogP) is 2.12. The van der Waals surface area contributed by atoms with Gasteiger partial charge in [0.05, 0.1) is 13.2 Å². The highest BCUT2D eigenvalue weighted by Gasteiger charge is 2.20. The van der Waals surface area contributed by atoms with Gasteiger partial charge in [-0.25, -0.2) is 4.98 Å². The van der Waals surface area contributed by atoms with Crippen molar-refractivity contribution >= 4 is 17.5 Å². The van der Waals surface area contributed by atoms with Crippen LogP contribution in [0, 0.1) is 0 Å². The number of anilines is 1. The molecule has 0 bridgehead atoms. The van der Waals surface area contributed by atoms with Gasteiger partial charge in [0.1, 0.15) is 11.9 Å². The summed E-state index contributed by atoms with van der Waals surface area (Å²) in [4.78, 5) is 31.2. The van der Waals surface area contributed by atoms with Crippen LogP contribution in [0.1, 0.15) is 36.1 Å². The molecule has 1 aromatic carbocycles. The predicted molar refractivity (Wildman–Crippen MR) is 98.1 cm³/mol. The quantitative estimate of drug-likeness (QED) is 0.890. The zero-order chi connectivity index (χ0) is 18.5. The molecule has 2 amide bonds. The Labute approximate surface area is 153 Å². The van der Waals surface area contributed by atoms with Gasteiger partial charge in [-0.05, 0) is 25.1 Å². The summed E-state index contributed by atoms with van der Waals surface area (Å²) < 4.78 is 7.14. The normalized spacial score (nSPS) is 15.5. The standard InChI is InChI=1S/C19H24N4O3/c1-3-17-20-7-8-23(17)14(2)18(24)21-16-6-4-5-15(13-16)19(25)22-9-11-26-12-10-22/h4-8,13-14H,3,9-12H2,1-2H3,(H,21,24). The molecule has 1 aromatic heterocycles. The van der Waals surface area contributed by atoms with Gasteiger partial charge in [-0.15, -0.1) is 0 Å². The SMILES string of the molecule is CCc1nccn1C(C)C(=O)Nc1cccc(C(=O)N2CCOCC2)c1. The van der Waals surface area contributed by atoms with E-state index in [1.165, 1.54) is 0 Å². The molecular weight excluding hydrogens is 332 g/mol. The Morgan fingerprint density at radius 2 is 2.08 bits per heavy atom. The Morgan fingerprint density at radius 1 is 1.31 bits per heavy atom. The third kappa shape index (κ3) is 3.94. The molecular formula is C19H24N4O3. The molecule has 3 rings (SSSR count). The van der Waals surface area contributed by atoms with Crippen LogP contribution in [0.15, 0.2) is 36.7 Å². The number of hydrogen-bond acceptors (Lipinski definition) is 4. The lowest BCUT2D eigenvalue weighted by Gasteiger charge is -2.27. The maximum atomic E-state index is 12.6. The average Bonchev–Trinajstić information content (AvgIpc) is 3.16. The number of aromatic nitrogens is 2. The summed E-state index contributed by atoms with van der Waals surface area (Å²) in [5.41, 5.74) is 1.17. The molecule has 0 radical (unpaired) electrons. The highest BCUT2D eigenvalue weighted by atomic mass is 16.5. The Bertz CT molecular complexity index is 781. The van der Waals surface area contributed by atoms with E-state index >= 15 is 0 Å². The molecule has 7 nitrogen and oxygen atoms in total. The van der Waals surface area contributed by atoms with Crippen molar-refractivity contribution in [3.8, 4) is 0 Å². The number of nitrogens with one attached hydrogen (secondary N) is 1.